The molecule has 0 bridgehead atoms. The number of fused-ring (bicyclic) bond motifs is 1. The molecule has 0 atom stereocenters. The van der Waals surface area contributed by atoms with Crippen LogP contribution in [0, 0.1) is 0 Å². The van der Waals surface area contributed by atoms with Gasteiger partial charge in [-0.05, 0) is 50.9 Å². The van der Waals surface area contributed by atoms with Gasteiger partial charge in [-0.1, -0.05) is 6.07 Å². The third-order valence-electron chi connectivity index (χ3n) is 6.40. The van der Waals surface area contributed by atoms with Gasteiger partial charge in [0.05, 0.1) is 30.3 Å². The summed E-state index contributed by atoms with van der Waals surface area (Å²) in [5.74, 6) is 1.19. The van der Waals surface area contributed by atoms with Crippen molar-refractivity contribution in [3.05, 3.63) is 47.7 Å². The lowest BCUT2D eigenvalue weighted by atomic mass is 9.90. The summed E-state index contributed by atoms with van der Waals surface area (Å²) in [7, 11) is 1.64. The number of ether oxygens (including phenoxy) is 1. The number of anilines is 1. The van der Waals surface area contributed by atoms with Crippen molar-refractivity contribution in [2.75, 3.05) is 25.9 Å². The smallest absolute Gasteiger partial charge is 0.187 e. The lowest BCUT2D eigenvalue weighted by molar-refractivity contribution is 0.101. The maximum atomic E-state index is 12.5. The third kappa shape index (κ3) is 3.89. The van der Waals surface area contributed by atoms with Crippen LogP contribution in [0.1, 0.15) is 60.3 Å². The highest BCUT2D eigenvalue weighted by molar-refractivity contribution is 6.00. The van der Waals surface area contributed by atoms with Gasteiger partial charge in [0.25, 0.3) is 0 Å². The number of pyridine rings is 1. The van der Waals surface area contributed by atoms with E-state index in [2.05, 4.69) is 20.4 Å². The molecule has 1 fully saturated rings. The number of piperidine rings is 1. The van der Waals surface area contributed by atoms with Gasteiger partial charge in [0.15, 0.2) is 17.3 Å². The molecule has 0 unspecified atom stereocenters. The van der Waals surface area contributed by atoms with Gasteiger partial charge in [-0.25, -0.2) is 9.98 Å². The highest BCUT2D eigenvalue weighted by Crippen LogP contribution is 2.33. The van der Waals surface area contributed by atoms with Crippen molar-refractivity contribution in [3.8, 4) is 11.1 Å². The molecule has 9 heteroatoms. The van der Waals surface area contributed by atoms with Crippen molar-refractivity contribution >= 4 is 28.7 Å². The Labute approximate surface area is 191 Å². The first-order valence-electron chi connectivity index (χ1n) is 11.2. The topological polar surface area (TPSA) is 120 Å². The van der Waals surface area contributed by atoms with E-state index in [-0.39, 0.29) is 11.7 Å². The maximum absolute atomic E-state index is 12.5. The molecule has 0 amide bonds. The Hall–Kier alpha value is -3.59. The summed E-state index contributed by atoms with van der Waals surface area (Å²) >= 11 is 0. The van der Waals surface area contributed by atoms with E-state index in [1.807, 2.05) is 24.5 Å². The average Bonchev–Trinajstić information content (AvgIpc) is 3.29. The van der Waals surface area contributed by atoms with Gasteiger partial charge in [0.1, 0.15) is 5.82 Å². The van der Waals surface area contributed by atoms with Crippen molar-refractivity contribution < 1.29 is 9.53 Å². The molecule has 2 aliphatic heterocycles. The molecule has 0 radical (unpaired) electrons. The van der Waals surface area contributed by atoms with Crippen molar-refractivity contribution in [3.63, 3.8) is 0 Å². The summed E-state index contributed by atoms with van der Waals surface area (Å²) in [6.45, 7) is 3.34. The molecule has 170 valence electrons. The molecule has 0 aliphatic carbocycles. The van der Waals surface area contributed by atoms with Crippen molar-refractivity contribution in [2.45, 2.75) is 38.5 Å². The normalized spacial score (nSPS) is 17.0. The number of Topliss-reactive ketones (excluding diaryl/α,β-unsaturated/α-hetero) is 1. The number of nitrogens with two attached hydrogens (primary N) is 1. The molecule has 3 aromatic rings. The van der Waals surface area contributed by atoms with Crippen LogP contribution in [0.4, 0.5) is 5.82 Å². The van der Waals surface area contributed by atoms with Gasteiger partial charge in [0.2, 0.25) is 0 Å². The molecule has 1 saturated heterocycles. The number of nitrogens with zero attached hydrogens (tertiary/aromatic N) is 5. The highest BCUT2D eigenvalue weighted by atomic mass is 16.5. The summed E-state index contributed by atoms with van der Waals surface area (Å²) in [4.78, 5) is 26.4. The van der Waals surface area contributed by atoms with Crippen molar-refractivity contribution in [1.29, 1.82) is 0 Å². The fourth-order valence-corrected chi connectivity index (χ4v) is 4.60. The fraction of sp³-hybridized carbons (Fsp3) is 0.375. The Balaban J connectivity index is 1.55. The Morgan fingerprint density at radius 3 is 2.67 bits per heavy atom. The highest BCUT2D eigenvalue weighted by Gasteiger charge is 2.26. The van der Waals surface area contributed by atoms with E-state index in [9.17, 15) is 4.79 Å². The van der Waals surface area contributed by atoms with E-state index in [4.69, 9.17) is 15.5 Å². The van der Waals surface area contributed by atoms with Crippen LogP contribution in [0.2, 0.25) is 0 Å². The SMILES string of the molecule is COC1=NC=C(c2ccc(-c3cnn4c(N)c(C(C)=O)c(C5CCNCC5)nc34)cn2)CC1. The summed E-state index contributed by atoms with van der Waals surface area (Å²) in [5.41, 5.74) is 12.0. The molecule has 9 nitrogen and oxygen atoms in total. The first-order chi connectivity index (χ1) is 16.1. The van der Waals surface area contributed by atoms with Crippen LogP contribution in [-0.4, -0.2) is 51.5 Å². The molecular formula is C24H27N7O2. The van der Waals surface area contributed by atoms with Crippen LogP contribution in [0.15, 0.2) is 35.7 Å². The van der Waals surface area contributed by atoms with Gasteiger partial charge in [0, 0.05) is 35.9 Å². The van der Waals surface area contributed by atoms with E-state index < -0.39 is 0 Å². The number of carbonyl (C=O) groups excluding carboxylic acids is 1. The second-order valence-corrected chi connectivity index (χ2v) is 8.44. The number of nitrogen functional groups attached to an aromatic ring is 1. The van der Waals surface area contributed by atoms with Crippen LogP contribution < -0.4 is 11.1 Å². The van der Waals surface area contributed by atoms with Gasteiger partial charge in [-0.15, -0.1) is 0 Å². The Morgan fingerprint density at radius 2 is 2.03 bits per heavy atom. The van der Waals surface area contributed by atoms with Crippen LogP contribution in [-0.2, 0) is 4.74 Å². The molecule has 0 aromatic carbocycles. The van der Waals surface area contributed by atoms with Crippen molar-refractivity contribution in [1.82, 2.24) is 24.9 Å². The lowest BCUT2D eigenvalue weighted by Gasteiger charge is -2.24. The number of aromatic nitrogens is 4. The second-order valence-electron chi connectivity index (χ2n) is 8.44. The largest absolute Gasteiger partial charge is 0.484 e. The predicted octanol–water partition coefficient (Wildman–Crippen LogP) is 3.22. The lowest BCUT2D eigenvalue weighted by Crippen LogP contribution is -2.28. The number of rotatable bonds is 4. The summed E-state index contributed by atoms with van der Waals surface area (Å²) < 4.78 is 6.77. The van der Waals surface area contributed by atoms with Crippen molar-refractivity contribution in [2.24, 2.45) is 4.99 Å². The number of nitrogens with one attached hydrogen (secondary N) is 1. The van der Waals surface area contributed by atoms with Gasteiger partial charge in [-0.3, -0.25) is 9.78 Å². The Kier molecular flexibility index (Phi) is 5.63. The zero-order chi connectivity index (χ0) is 22.9. The van der Waals surface area contributed by atoms with E-state index in [0.29, 0.717) is 17.0 Å². The van der Waals surface area contributed by atoms with E-state index in [1.165, 1.54) is 6.92 Å². The molecule has 3 N–H and O–H groups in total. The fourth-order valence-electron chi connectivity index (χ4n) is 4.60. The van der Waals surface area contributed by atoms with Crippen LogP contribution in [0.25, 0.3) is 22.3 Å². The van der Waals surface area contributed by atoms with E-state index in [1.54, 1.807) is 17.8 Å². The standard InChI is InChI=1S/C24H27N7O2/c1-14(32)21-22(15-7-9-26-10-8-15)30-24-18(13-29-31(24)23(21)25)16-3-5-19(27-11-16)17-4-6-20(33-2)28-12-17/h3,5,11-13,15,26H,4,6-10,25H2,1-2H3. The number of hydrogen-bond acceptors (Lipinski definition) is 8. The second kappa shape index (κ2) is 8.74. The molecule has 5 heterocycles. The third-order valence-corrected chi connectivity index (χ3v) is 6.40. The molecule has 5 rings (SSSR count). The molecule has 3 aromatic heterocycles. The molecule has 0 spiro atoms. The van der Waals surface area contributed by atoms with Crippen LogP contribution in [0.3, 0.4) is 0 Å². The van der Waals surface area contributed by atoms with Gasteiger partial charge >= 0.3 is 0 Å². The minimum Gasteiger partial charge on any atom is -0.484 e. The Bertz CT molecular complexity index is 1270. The minimum atomic E-state index is -0.0847. The molecule has 2 aliphatic rings. The van der Waals surface area contributed by atoms with Gasteiger partial charge < -0.3 is 15.8 Å². The van der Waals surface area contributed by atoms with E-state index >= 15 is 0 Å². The molecule has 33 heavy (non-hydrogen) atoms. The Morgan fingerprint density at radius 1 is 1.21 bits per heavy atom. The number of hydrogen-bond donors (Lipinski definition) is 2. The number of aliphatic imine (C=N–C) groups is 1. The van der Waals surface area contributed by atoms with Crippen LogP contribution in [0.5, 0.6) is 0 Å². The first-order valence-corrected chi connectivity index (χ1v) is 11.2. The predicted molar refractivity (Wildman–Crippen MR) is 127 cm³/mol. The summed E-state index contributed by atoms with van der Waals surface area (Å²) in [6.07, 6.45) is 8.82. The zero-order valence-corrected chi connectivity index (χ0v) is 18.8. The maximum Gasteiger partial charge on any atom is 0.187 e. The number of methoxy groups -OCH3 is 1. The first kappa shape index (κ1) is 21.3. The molecule has 0 saturated carbocycles. The van der Waals surface area contributed by atoms with Gasteiger partial charge in [-0.2, -0.15) is 9.61 Å². The monoisotopic (exact) mass is 445 g/mol. The number of carbonyl (C=O) groups is 1. The molecular weight excluding hydrogens is 418 g/mol. The quantitative estimate of drug-likeness (QED) is 0.592. The zero-order valence-electron chi connectivity index (χ0n) is 18.8. The van der Waals surface area contributed by atoms with E-state index in [0.717, 1.165) is 72.8 Å². The summed E-state index contributed by atoms with van der Waals surface area (Å²) in [6, 6.07) is 4.00. The number of ketones is 1. The number of allylic oxidation sites excluding steroid dienone is 1. The minimum absolute atomic E-state index is 0.0847. The average molecular weight is 446 g/mol. The van der Waals surface area contributed by atoms with Crippen LogP contribution >= 0.6 is 0 Å². The summed E-state index contributed by atoms with van der Waals surface area (Å²) in [5, 5.41) is 7.81.